The molecule has 108 valence electrons. The van der Waals surface area contributed by atoms with Crippen molar-refractivity contribution < 1.29 is 16.5 Å². The van der Waals surface area contributed by atoms with Crippen LogP contribution in [0.25, 0.3) is 22.2 Å². The average molecular weight is 308 g/mol. The highest BCUT2D eigenvalue weighted by Gasteiger charge is 2.14. The summed E-state index contributed by atoms with van der Waals surface area (Å²) >= 11 is 0. The zero-order valence-electron chi connectivity index (χ0n) is 10.4. The van der Waals surface area contributed by atoms with Crippen LogP contribution >= 0.6 is 0 Å². The molecule has 0 fully saturated rings. The number of H-pyrrole nitrogens is 1. The van der Waals surface area contributed by atoms with Crippen LogP contribution in [-0.2, 0) is 10.5 Å². The predicted molar refractivity (Wildman–Crippen MR) is 74.4 cm³/mol. The third-order valence-corrected chi connectivity index (χ3v) is 3.23. The molecule has 0 amide bonds. The summed E-state index contributed by atoms with van der Waals surface area (Å²) in [4.78, 5) is 10.9. The Kier molecular flexibility index (Phi) is 2.98. The Morgan fingerprint density at radius 1 is 1.29 bits per heavy atom. The summed E-state index contributed by atoms with van der Waals surface area (Å²) in [5.74, 6) is 0.139. The van der Waals surface area contributed by atoms with Gasteiger partial charge in [-0.15, -0.1) is 0 Å². The highest BCUT2D eigenvalue weighted by Crippen LogP contribution is 2.32. The monoisotopic (exact) mass is 308 g/mol. The van der Waals surface area contributed by atoms with Gasteiger partial charge in [0, 0.05) is 11.8 Å². The van der Waals surface area contributed by atoms with Crippen LogP contribution in [0, 0.1) is 0 Å². The Balaban J connectivity index is 2.13. The van der Waals surface area contributed by atoms with Crippen molar-refractivity contribution in [2.45, 2.75) is 0 Å². The van der Waals surface area contributed by atoms with Crippen molar-refractivity contribution in [3.05, 3.63) is 36.8 Å². The van der Waals surface area contributed by atoms with Crippen molar-refractivity contribution >= 4 is 27.4 Å². The van der Waals surface area contributed by atoms with Crippen molar-refractivity contribution in [3.63, 3.8) is 0 Å². The topological polar surface area (TPSA) is 111 Å². The Hall–Kier alpha value is -2.68. The fourth-order valence-electron chi connectivity index (χ4n) is 2.04. The third-order valence-electron chi connectivity index (χ3n) is 2.84. The molecule has 3 rings (SSSR count). The Labute approximate surface area is 119 Å². The van der Waals surface area contributed by atoms with Crippen LogP contribution in [-0.4, -0.2) is 23.4 Å². The second kappa shape index (κ2) is 4.70. The van der Waals surface area contributed by atoms with Gasteiger partial charge in [-0.3, -0.25) is 0 Å². The van der Waals surface area contributed by atoms with Gasteiger partial charge in [0.05, 0.1) is 5.39 Å². The molecule has 0 saturated carbocycles. The highest BCUT2D eigenvalue weighted by atomic mass is 32.3. The number of nitrogens with one attached hydrogen (secondary N) is 1. The molecule has 0 atom stereocenters. The standard InChI is InChI=1S/C12H9FN4O3S/c13-21(18,19)20-8-3-1-2-7(4-8)9-5-15-12-10(9)11(14)16-6-17-12/h1-6H,(H3,14,15,16,17). The van der Waals surface area contributed by atoms with E-state index in [-0.39, 0.29) is 11.6 Å². The molecule has 2 heterocycles. The number of hydrogen-bond acceptors (Lipinski definition) is 6. The Morgan fingerprint density at radius 2 is 2.10 bits per heavy atom. The number of aromatic amines is 1. The van der Waals surface area contributed by atoms with Crippen LogP contribution < -0.4 is 9.92 Å². The Bertz CT molecular complexity index is 923. The molecule has 0 spiro atoms. The molecule has 2 aromatic heterocycles. The summed E-state index contributed by atoms with van der Waals surface area (Å²) in [6, 6.07) is 5.95. The Morgan fingerprint density at radius 3 is 2.86 bits per heavy atom. The second-order valence-electron chi connectivity index (χ2n) is 4.19. The normalized spacial score (nSPS) is 11.7. The van der Waals surface area contributed by atoms with E-state index in [1.54, 1.807) is 12.3 Å². The molecular weight excluding hydrogens is 299 g/mol. The molecular formula is C12H9FN4O3S. The maximum absolute atomic E-state index is 12.6. The SMILES string of the molecule is Nc1ncnc2[nH]cc(-c3cccc(OS(=O)(=O)F)c3)c12. The molecule has 0 unspecified atom stereocenters. The number of benzene rings is 1. The first-order valence-electron chi connectivity index (χ1n) is 5.76. The number of fused-ring (bicyclic) bond motifs is 1. The van der Waals surface area contributed by atoms with Crippen molar-refractivity contribution in [3.8, 4) is 16.9 Å². The van der Waals surface area contributed by atoms with Crippen LogP contribution in [0.1, 0.15) is 0 Å². The molecule has 3 aromatic rings. The molecule has 0 aliphatic carbocycles. The van der Waals surface area contributed by atoms with E-state index in [1.807, 2.05) is 0 Å². The van der Waals surface area contributed by atoms with Gasteiger partial charge in [0.15, 0.2) is 0 Å². The molecule has 0 radical (unpaired) electrons. The molecule has 0 bridgehead atoms. The molecule has 3 N–H and O–H groups in total. The van der Waals surface area contributed by atoms with Crippen LogP contribution in [0.2, 0.25) is 0 Å². The molecule has 1 aromatic carbocycles. The van der Waals surface area contributed by atoms with Crippen molar-refractivity contribution in [1.82, 2.24) is 15.0 Å². The van der Waals surface area contributed by atoms with Crippen LogP contribution in [0.5, 0.6) is 5.75 Å². The predicted octanol–water partition coefficient (Wildman–Crippen LogP) is 1.80. The number of nitrogens with zero attached hydrogens (tertiary/aromatic N) is 2. The van der Waals surface area contributed by atoms with Gasteiger partial charge in [-0.25, -0.2) is 9.97 Å². The van der Waals surface area contributed by atoms with E-state index in [2.05, 4.69) is 19.1 Å². The minimum Gasteiger partial charge on any atom is -0.383 e. The lowest BCUT2D eigenvalue weighted by atomic mass is 10.1. The largest absolute Gasteiger partial charge is 0.488 e. The molecule has 21 heavy (non-hydrogen) atoms. The van der Waals surface area contributed by atoms with Gasteiger partial charge >= 0.3 is 10.5 Å². The van der Waals surface area contributed by atoms with E-state index in [0.717, 1.165) is 0 Å². The minimum atomic E-state index is -5.07. The molecule has 9 heteroatoms. The molecule has 0 aliphatic rings. The summed E-state index contributed by atoms with van der Waals surface area (Å²) in [6.45, 7) is 0. The van der Waals surface area contributed by atoms with Gasteiger partial charge in [0.1, 0.15) is 23.5 Å². The number of halogens is 1. The van der Waals surface area contributed by atoms with Crippen LogP contribution in [0.4, 0.5) is 9.70 Å². The van der Waals surface area contributed by atoms with Crippen molar-refractivity contribution in [2.24, 2.45) is 0 Å². The molecule has 0 aliphatic heterocycles. The van der Waals surface area contributed by atoms with Gasteiger partial charge in [-0.05, 0) is 17.7 Å². The summed E-state index contributed by atoms with van der Waals surface area (Å²) in [6.07, 6.45) is 2.98. The fourth-order valence-corrected chi connectivity index (χ4v) is 2.38. The van der Waals surface area contributed by atoms with E-state index in [9.17, 15) is 12.3 Å². The van der Waals surface area contributed by atoms with Gasteiger partial charge in [-0.2, -0.15) is 8.42 Å². The zero-order chi connectivity index (χ0) is 15.0. The van der Waals surface area contributed by atoms with Gasteiger partial charge < -0.3 is 14.9 Å². The smallest absolute Gasteiger partial charge is 0.383 e. The molecule has 7 nitrogen and oxygen atoms in total. The van der Waals surface area contributed by atoms with E-state index in [1.165, 1.54) is 24.5 Å². The minimum absolute atomic E-state index is 0.139. The summed E-state index contributed by atoms with van der Waals surface area (Å²) in [7, 11) is -5.07. The lowest BCUT2D eigenvalue weighted by Gasteiger charge is -2.04. The van der Waals surface area contributed by atoms with Crippen LogP contribution in [0.3, 0.4) is 0 Å². The van der Waals surface area contributed by atoms with E-state index >= 15 is 0 Å². The maximum atomic E-state index is 12.6. The van der Waals surface area contributed by atoms with Gasteiger partial charge in [-0.1, -0.05) is 16.0 Å². The quantitative estimate of drug-likeness (QED) is 0.714. The lowest BCUT2D eigenvalue weighted by Crippen LogP contribution is -2.01. The average Bonchev–Trinajstić information content (AvgIpc) is 2.82. The number of rotatable bonds is 3. The number of nitrogen functional groups attached to an aromatic ring is 1. The van der Waals surface area contributed by atoms with Gasteiger partial charge in [0.25, 0.3) is 0 Å². The number of aromatic nitrogens is 3. The number of hydrogen-bond donors (Lipinski definition) is 2. The van der Waals surface area contributed by atoms with Gasteiger partial charge in [0.2, 0.25) is 0 Å². The van der Waals surface area contributed by atoms with Crippen LogP contribution in [0.15, 0.2) is 36.8 Å². The zero-order valence-corrected chi connectivity index (χ0v) is 11.3. The van der Waals surface area contributed by atoms with E-state index < -0.39 is 10.5 Å². The van der Waals surface area contributed by atoms with E-state index in [4.69, 9.17) is 5.73 Å². The maximum Gasteiger partial charge on any atom is 0.488 e. The van der Waals surface area contributed by atoms with Crippen molar-refractivity contribution in [1.29, 1.82) is 0 Å². The number of anilines is 1. The fraction of sp³-hybridized carbons (Fsp3) is 0. The summed E-state index contributed by atoms with van der Waals surface area (Å²) < 4.78 is 37.8. The van der Waals surface area contributed by atoms with Crippen molar-refractivity contribution in [2.75, 3.05) is 5.73 Å². The summed E-state index contributed by atoms with van der Waals surface area (Å²) in [5, 5.41) is 0.595. The first-order valence-corrected chi connectivity index (χ1v) is 7.07. The summed E-state index contributed by atoms with van der Waals surface area (Å²) in [5.41, 5.74) is 7.61. The third kappa shape index (κ3) is 2.63. The molecule has 0 saturated heterocycles. The van der Waals surface area contributed by atoms with E-state index in [0.29, 0.717) is 22.2 Å². The first-order chi connectivity index (χ1) is 9.94. The highest BCUT2D eigenvalue weighted by molar-refractivity contribution is 7.81. The first kappa shape index (κ1) is 13.3. The number of nitrogens with two attached hydrogens (primary N) is 1. The lowest BCUT2D eigenvalue weighted by molar-refractivity contribution is 0.440. The second-order valence-corrected chi connectivity index (χ2v) is 5.14.